The first-order valence-electron chi connectivity index (χ1n) is 24.5. The zero-order valence-electron chi connectivity index (χ0n) is 41.1. The molecule has 0 aliphatic heterocycles. The van der Waals surface area contributed by atoms with Crippen LogP contribution in [0.25, 0.3) is 5.57 Å². The maximum absolute atomic E-state index is 14.9. The van der Waals surface area contributed by atoms with Crippen molar-refractivity contribution in [1.82, 2.24) is 9.89 Å². The number of benzene rings is 5. The highest BCUT2D eigenvalue weighted by molar-refractivity contribution is 6.40. The van der Waals surface area contributed by atoms with E-state index < -0.39 is 0 Å². The lowest BCUT2D eigenvalue weighted by molar-refractivity contribution is -0.124. The van der Waals surface area contributed by atoms with Crippen LogP contribution < -0.4 is 20.1 Å². The summed E-state index contributed by atoms with van der Waals surface area (Å²) in [7, 11) is 0. The molecular formula is C60H67N4O4+. The fourth-order valence-corrected chi connectivity index (χ4v) is 8.97. The van der Waals surface area contributed by atoms with Crippen LogP contribution in [0.2, 0.25) is 0 Å². The van der Waals surface area contributed by atoms with Gasteiger partial charge in [-0.05, 0) is 102 Å². The monoisotopic (exact) mass is 908 g/mol. The summed E-state index contributed by atoms with van der Waals surface area (Å²) in [5.74, 6) is -1.30. The third-order valence-corrected chi connectivity index (χ3v) is 13.2. The third-order valence-electron chi connectivity index (χ3n) is 13.2. The molecule has 0 spiro atoms. The number of rotatable bonds is 18. The molecule has 7 rings (SSSR count). The van der Waals surface area contributed by atoms with Crippen LogP contribution in [-0.2, 0) is 14.4 Å². The highest BCUT2D eigenvalue weighted by Gasteiger charge is 2.40. The van der Waals surface area contributed by atoms with Gasteiger partial charge in [0.15, 0.2) is 0 Å². The second kappa shape index (κ2) is 22.2. The fraction of sp³-hybridized carbons (Fsp3) is 0.300. The number of nitrogens with one attached hydrogen (secondary N) is 2. The lowest BCUT2D eigenvalue weighted by Crippen LogP contribution is -2.34. The quantitative estimate of drug-likeness (QED) is 0.0600. The average molecular weight is 908 g/mol. The number of amides is 2. The highest BCUT2D eigenvalue weighted by Crippen LogP contribution is 2.45. The molecule has 0 heterocycles. The van der Waals surface area contributed by atoms with Crippen molar-refractivity contribution in [3.8, 4) is 0 Å². The molecule has 0 saturated heterocycles. The van der Waals surface area contributed by atoms with Crippen LogP contribution in [-0.4, -0.2) is 28.4 Å². The van der Waals surface area contributed by atoms with Crippen molar-refractivity contribution in [3.05, 3.63) is 184 Å². The average Bonchev–Trinajstić information content (AvgIpc) is 3.33. The van der Waals surface area contributed by atoms with Crippen molar-refractivity contribution < 1.29 is 19.5 Å². The van der Waals surface area contributed by atoms with E-state index in [-0.39, 0.29) is 46.3 Å². The van der Waals surface area contributed by atoms with E-state index in [0.717, 1.165) is 94.9 Å². The number of ketones is 1. The number of carbonyl (C=O) groups is 3. The molecule has 0 radical (unpaired) electrons. The van der Waals surface area contributed by atoms with Gasteiger partial charge in [-0.15, -0.1) is 0 Å². The molecule has 2 aliphatic carbocycles. The smallest absolute Gasteiger partial charge is 0.227 e. The standard InChI is InChI=1S/C60H66N4O4/c1-9-13-15-43(11-3)59(67)61-53-37-49(63(45-25-17-39(5)18-26-45)46-27-19-40(6)20-28-46)33-35-51(53)55-57(65)56(58(55)66)52-36-34-50(38-54(52)62-60(68)44(12-4)16-14-10-2)64(47-29-21-41(7)22-30-47)48-31-23-42(8)24-32-48/h17-38,43-44H,9-16H2,1-8H3,(H2,61,62,65,66,67,68)/p+1. The molecule has 0 aromatic heterocycles. The van der Waals surface area contributed by atoms with Crippen molar-refractivity contribution in [2.24, 2.45) is 11.8 Å². The van der Waals surface area contributed by atoms with Crippen LogP contribution in [0.3, 0.4) is 0 Å². The van der Waals surface area contributed by atoms with Crippen LogP contribution in [0.15, 0.2) is 156 Å². The van der Waals surface area contributed by atoms with E-state index in [1.165, 1.54) is 0 Å². The summed E-state index contributed by atoms with van der Waals surface area (Å²) in [4.78, 5) is 45.3. The Balaban J connectivity index is 1.39. The molecule has 2 aliphatic rings. The van der Waals surface area contributed by atoms with E-state index in [2.05, 4.69) is 159 Å². The Morgan fingerprint density at radius 3 is 1.50 bits per heavy atom. The number of Topliss-reactive ketones (excluding diaryl/α,β-unsaturated/α-hetero) is 1. The predicted molar refractivity (Wildman–Crippen MR) is 282 cm³/mol. The van der Waals surface area contributed by atoms with E-state index in [4.69, 9.17) is 0 Å². The molecule has 0 bridgehead atoms. The number of aliphatic hydroxyl groups excluding tert-OH is 1. The lowest BCUT2D eigenvalue weighted by Gasteiger charge is -2.30. The van der Waals surface area contributed by atoms with Crippen LogP contribution in [0.5, 0.6) is 0 Å². The first-order valence-corrected chi connectivity index (χ1v) is 24.5. The van der Waals surface area contributed by atoms with Gasteiger partial charge < -0.3 is 20.6 Å². The van der Waals surface area contributed by atoms with Crippen LogP contribution in [0.4, 0.5) is 34.1 Å². The Kier molecular flexibility index (Phi) is 15.9. The predicted octanol–water partition coefficient (Wildman–Crippen LogP) is 14.5. The second-order valence-corrected chi connectivity index (χ2v) is 18.4. The minimum Gasteiger partial charge on any atom is -0.506 e. The molecule has 0 saturated carbocycles. The molecule has 8 nitrogen and oxygen atoms in total. The number of anilines is 4. The van der Waals surface area contributed by atoms with Crippen LogP contribution in [0.1, 0.15) is 107 Å². The van der Waals surface area contributed by atoms with E-state index in [0.29, 0.717) is 35.4 Å². The van der Waals surface area contributed by atoms with E-state index in [1.54, 1.807) is 0 Å². The normalized spacial score (nSPS) is 15.4. The van der Waals surface area contributed by atoms with Gasteiger partial charge >= 0.3 is 0 Å². The number of aliphatic hydroxyl groups is 1. The number of hydrogen-bond acceptors (Lipinski definition) is 5. The molecule has 2 unspecified atom stereocenters. The Hall–Kier alpha value is -7.06. The minimum atomic E-state index is -0.382. The van der Waals surface area contributed by atoms with Gasteiger partial charge in [-0.3, -0.25) is 14.4 Å². The molecule has 3 N–H and O–H groups in total. The van der Waals surface area contributed by atoms with Crippen LogP contribution in [0, 0.1) is 39.5 Å². The van der Waals surface area contributed by atoms with Gasteiger partial charge in [0.25, 0.3) is 0 Å². The second-order valence-electron chi connectivity index (χ2n) is 18.4. The van der Waals surface area contributed by atoms with E-state index >= 15 is 0 Å². The van der Waals surface area contributed by atoms with Gasteiger partial charge in [0.2, 0.25) is 34.7 Å². The molecule has 5 aromatic carbocycles. The number of allylic oxidation sites excluding steroid dienone is 5. The van der Waals surface area contributed by atoms with E-state index in [1.807, 2.05) is 50.3 Å². The Morgan fingerprint density at radius 1 is 0.588 bits per heavy atom. The third kappa shape index (κ3) is 10.9. The Bertz CT molecular complexity index is 2720. The molecular weight excluding hydrogens is 841 g/mol. The molecule has 5 aromatic rings. The van der Waals surface area contributed by atoms with E-state index in [9.17, 15) is 19.5 Å². The van der Waals surface area contributed by atoms with Gasteiger partial charge in [0, 0.05) is 76.5 Å². The summed E-state index contributed by atoms with van der Waals surface area (Å²) >= 11 is 0. The molecule has 2 amide bonds. The van der Waals surface area contributed by atoms with Crippen molar-refractivity contribution in [1.29, 1.82) is 0 Å². The number of carbonyl (C=O) groups excluding carboxylic acids is 3. The number of hydrogen-bond donors (Lipinski definition) is 3. The van der Waals surface area contributed by atoms with Gasteiger partial charge in [0.1, 0.15) is 5.76 Å². The molecule has 0 fully saturated rings. The van der Waals surface area contributed by atoms with Crippen molar-refractivity contribution in [2.75, 3.05) is 10.2 Å². The first-order chi connectivity index (χ1) is 32.8. The zero-order valence-corrected chi connectivity index (χ0v) is 41.1. The van der Waals surface area contributed by atoms with Gasteiger partial charge in [-0.2, -0.15) is 4.58 Å². The number of aryl methyl sites for hydroxylation is 4. The minimum absolute atomic E-state index is 0.109. The largest absolute Gasteiger partial charge is 0.506 e. The summed E-state index contributed by atoms with van der Waals surface area (Å²) in [6, 6.07) is 38.8. The zero-order chi connectivity index (χ0) is 48.5. The van der Waals surface area contributed by atoms with Crippen molar-refractivity contribution in [3.63, 3.8) is 0 Å². The van der Waals surface area contributed by atoms with Gasteiger partial charge in [-0.1, -0.05) is 124 Å². The lowest BCUT2D eigenvalue weighted by atomic mass is 9.78. The molecule has 350 valence electrons. The maximum Gasteiger partial charge on any atom is 0.227 e. The summed E-state index contributed by atoms with van der Waals surface area (Å²) < 4.78 is 2.12. The number of unbranched alkanes of at least 4 members (excludes halogenated alkanes) is 2. The van der Waals surface area contributed by atoms with Crippen molar-refractivity contribution >= 4 is 63.0 Å². The summed E-state index contributed by atoms with van der Waals surface area (Å²) in [6.07, 6.45) is 12.2. The fourth-order valence-electron chi connectivity index (χ4n) is 8.97. The van der Waals surface area contributed by atoms with Crippen molar-refractivity contribution in [2.45, 2.75) is 107 Å². The SMILES string of the molecule is CCCCC(CC)C(=O)NC1=CC(=[N+](c2ccc(C)cc2)c2ccc(C)cc2)C=C/C1=C1\C(=O)C(c2ccc(N(c3ccc(C)cc3)c3ccc(C)cc3)cc2NC(=O)C(CC)CCCC)=C1O. The van der Waals surface area contributed by atoms with Gasteiger partial charge in [-0.25, -0.2) is 0 Å². The summed E-state index contributed by atoms with van der Waals surface area (Å²) in [5, 5.41) is 18.7. The van der Waals surface area contributed by atoms with Crippen LogP contribution >= 0.6 is 0 Å². The highest BCUT2D eigenvalue weighted by atomic mass is 16.3. The summed E-state index contributed by atoms with van der Waals surface area (Å²) in [5.41, 5.74) is 11.7. The maximum atomic E-state index is 14.9. The molecule has 2 atom stereocenters. The first kappa shape index (κ1) is 48.9. The Labute approximate surface area is 403 Å². The summed E-state index contributed by atoms with van der Waals surface area (Å²) in [6.45, 7) is 16.5. The molecule has 68 heavy (non-hydrogen) atoms. The Morgan fingerprint density at radius 2 is 1.04 bits per heavy atom. The van der Waals surface area contributed by atoms with Gasteiger partial charge in [0.05, 0.1) is 22.5 Å². The topological polar surface area (TPSA) is 102 Å². The number of nitrogens with zero attached hydrogens (tertiary/aromatic N) is 2. The molecule has 8 heteroatoms.